The minimum atomic E-state index is -0.649. The van der Waals surface area contributed by atoms with Crippen LogP contribution in [0.1, 0.15) is 13.3 Å². The van der Waals surface area contributed by atoms with E-state index in [0.29, 0.717) is 25.9 Å². The fourth-order valence-corrected chi connectivity index (χ4v) is 3.71. The maximum Gasteiger partial charge on any atom is 0.272 e. The van der Waals surface area contributed by atoms with Crippen LogP contribution in [-0.2, 0) is 37.3 Å². The molecule has 8 nitrogen and oxygen atoms in total. The van der Waals surface area contributed by atoms with Gasteiger partial charge in [0.05, 0.1) is 25.9 Å². The fourth-order valence-electron chi connectivity index (χ4n) is 3.00. The summed E-state index contributed by atoms with van der Waals surface area (Å²) in [7, 11) is 0. The monoisotopic (exact) mass is 364 g/mol. The standard InChI is InChI=1S/C15H24O8S/c1-9-12-14(23-24-4-2-3-16-5-10-6-17-10)13-11(19-8-20-13)7-18-15(21-9)22-12/h9-15H,2-8H2,1H3. The van der Waals surface area contributed by atoms with Crippen LogP contribution in [0, 0.1) is 0 Å². The van der Waals surface area contributed by atoms with E-state index in [9.17, 15) is 0 Å². The second-order valence-electron chi connectivity index (χ2n) is 6.28. The van der Waals surface area contributed by atoms with Crippen molar-refractivity contribution in [2.45, 2.75) is 56.4 Å². The summed E-state index contributed by atoms with van der Waals surface area (Å²) in [6.45, 7) is 4.17. The van der Waals surface area contributed by atoms with Crippen molar-refractivity contribution in [3.8, 4) is 0 Å². The SMILES string of the molecule is CC1OC2OCC3OCOC3C(OSCCCOCC3CO3)C1O2. The van der Waals surface area contributed by atoms with Crippen molar-refractivity contribution in [1.29, 1.82) is 0 Å². The zero-order valence-electron chi connectivity index (χ0n) is 13.7. The predicted molar refractivity (Wildman–Crippen MR) is 82.3 cm³/mol. The molecule has 0 aromatic carbocycles. The zero-order valence-corrected chi connectivity index (χ0v) is 14.5. The van der Waals surface area contributed by atoms with Crippen LogP contribution in [0.25, 0.3) is 0 Å². The van der Waals surface area contributed by atoms with Crippen LogP contribution >= 0.6 is 12.0 Å². The molecule has 7 atom stereocenters. The molecule has 0 aliphatic carbocycles. The van der Waals surface area contributed by atoms with E-state index < -0.39 is 6.48 Å². The lowest BCUT2D eigenvalue weighted by molar-refractivity contribution is -0.264. The van der Waals surface area contributed by atoms with E-state index in [4.69, 9.17) is 37.3 Å². The third kappa shape index (κ3) is 4.22. The molecule has 0 aromatic rings. The lowest BCUT2D eigenvalue weighted by atomic mass is 10.0. The summed E-state index contributed by atoms with van der Waals surface area (Å²) in [5.74, 6) is 0.835. The highest BCUT2D eigenvalue weighted by Gasteiger charge is 2.50. The Kier molecular flexibility index (Phi) is 5.92. The van der Waals surface area contributed by atoms with Gasteiger partial charge in [-0.3, -0.25) is 0 Å². The minimum Gasteiger partial charge on any atom is -0.379 e. The van der Waals surface area contributed by atoms with Gasteiger partial charge in [0.15, 0.2) is 0 Å². The van der Waals surface area contributed by atoms with Gasteiger partial charge in [-0.15, -0.1) is 0 Å². The summed E-state index contributed by atoms with van der Waals surface area (Å²) >= 11 is 1.42. The normalized spacial score (nSPS) is 44.1. The van der Waals surface area contributed by atoms with E-state index in [0.717, 1.165) is 18.8 Å². The van der Waals surface area contributed by atoms with Gasteiger partial charge in [-0.25, -0.2) is 0 Å². The Morgan fingerprint density at radius 3 is 2.83 bits per heavy atom. The molecule has 4 saturated heterocycles. The highest BCUT2D eigenvalue weighted by Crippen LogP contribution is 2.34. The van der Waals surface area contributed by atoms with E-state index in [-0.39, 0.29) is 37.3 Å². The topological polar surface area (TPSA) is 77.1 Å². The van der Waals surface area contributed by atoms with Crippen molar-refractivity contribution in [3.05, 3.63) is 0 Å². The minimum absolute atomic E-state index is 0.120. The number of fused-ring (bicyclic) bond motifs is 3. The van der Waals surface area contributed by atoms with Gasteiger partial charge in [0.2, 0.25) is 0 Å². The first-order chi connectivity index (χ1) is 11.8. The van der Waals surface area contributed by atoms with Gasteiger partial charge in [0, 0.05) is 12.4 Å². The summed E-state index contributed by atoms with van der Waals surface area (Å²) in [6, 6.07) is 0. The quantitative estimate of drug-likeness (QED) is 0.351. The molecule has 0 saturated carbocycles. The van der Waals surface area contributed by atoms with Crippen molar-refractivity contribution in [2.75, 3.05) is 39.0 Å². The molecule has 4 rings (SSSR count). The Morgan fingerprint density at radius 2 is 1.96 bits per heavy atom. The average molecular weight is 364 g/mol. The van der Waals surface area contributed by atoms with Gasteiger partial charge in [0.1, 0.15) is 37.3 Å². The van der Waals surface area contributed by atoms with Gasteiger partial charge in [-0.1, -0.05) is 0 Å². The number of ether oxygens (including phenoxy) is 7. The molecule has 0 N–H and O–H groups in total. The molecule has 138 valence electrons. The maximum atomic E-state index is 6.04. The Hall–Kier alpha value is 0.0300. The summed E-state index contributed by atoms with van der Waals surface area (Å²) in [5, 5.41) is 0. The molecular formula is C15H24O8S. The second kappa shape index (κ2) is 8.15. The molecule has 4 aliphatic rings. The van der Waals surface area contributed by atoms with Crippen LogP contribution < -0.4 is 0 Å². The molecule has 24 heavy (non-hydrogen) atoms. The number of hydrogen-bond donors (Lipinski definition) is 0. The Bertz CT molecular complexity index is 407. The molecule has 9 heteroatoms. The lowest BCUT2D eigenvalue weighted by Crippen LogP contribution is -2.49. The van der Waals surface area contributed by atoms with Crippen LogP contribution in [-0.4, -0.2) is 82.1 Å². The zero-order chi connectivity index (χ0) is 16.4. The van der Waals surface area contributed by atoms with Gasteiger partial charge >= 0.3 is 0 Å². The van der Waals surface area contributed by atoms with E-state index in [1.165, 1.54) is 12.0 Å². The molecule has 0 amide bonds. The average Bonchev–Trinajstić information content (AvgIpc) is 3.14. The highest BCUT2D eigenvalue weighted by atomic mass is 32.2. The number of rotatable bonds is 8. The smallest absolute Gasteiger partial charge is 0.272 e. The third-order valence-electron chi connectivity index (χ3n) is 4.41. The molecule has 0 aromatic heterocycles. The van der Waals surface area contributed by atoms with Gasteiger partial charge in [-0.2, -0.15) is 0 Å². The molecular weight excluding hydrogens is 340 g/mol. The number of hydrogen-bond acceptors (Lipinski definition) is 9. The first-order valence-corrected chi connectivity index (χ1v) is 9.35. The van der Waals surface area contributed by atoms with E-state index in [2.05, 4.69) is 0 Å². The van der Waals surface area contributed by atoms with Crippen molar-refractivity contribution >= 4 is 12.0 Å². The van der Waals surface area contributed by atoms with Gasteiger partial charge in [-0.05, 0) is 25.4 Å². The number of epoxide rings is 1. The second-order valence-corrected chi connectivity index (χ2v) is 7.12. The first kappa shape index (κ1) is 17.4. The molecule has 7 unspecified atom stereocenters. The van der Waals surface area contributed by atoms with Crippen molar-refractivity contribution in [1.82, 2.24) is 0 Å². The molecule has 0 radical (unpaired) electrons. The Labute approximate surface area is 145 Å². The summed E-state index contributed by atoms with van der Waals surface area (Å²) in [5.41, 5.74) is 0. The van der Waals surface area contributed by atoms with Crippen LogP contribution in [0.5, 0.6) is 0 Å². The molecule has 4 heterocycles. The van der Waals surface area contributed by atoms with Crippen LogP contribution in [0.15, 0.2) is 0 Å². The van der Waals surface area contributed by atoms with Crippen molar-refractivity contribution < 1.29 is 37.3 Å². The Morgan fingerprint density at radius 1 is 1.04 bits per heavy atom. The van der Waals surface area contributed by atoms with E-state index in [1.54, 1.807) is 0 Å². The summed E-state index contributed by atoms with van der Waals surface area (Å²) in [4.78, 5) is 0. The largest absolute Gasteiger partial charge is 0.379 e. The summed E-state index contributed by atoms with van der Waals surface area (Å²) < 4.78 is 45.0. The van der Waals surface area contributed by atoms with E-state index in [1.807, 2.05) is 6.92 Å². The Balaban J connectivity index is 1.24. The van der Waals surface area contributed by atoms with Crippen LogP contribution in [0.3, 0.4) is 0 Å². The van der Waals surface area contributed by atoms with E-state index >= 15 is 0 Å². The van der Waals surface area contributed by atoms with Gasteiger partial charge in [0.25, 0.3) is 6.48 Å². The summed E-state index contributed by atoms with van der Waals surface area (Å²) in [6.07, 6.45) is 0.254. The molecule has 4 aliphatic heterocycles. The maximum absolute atomic E-state index is 6.04. The lowest BCUT2D eigenvalue weighted by Gasteiger charge is -2.32. The fraction of sp³-hybridized carbons (Fsp3) is 1.00. The van der Waals surface area contributed by atoms with Crippen molar-refractivity contribution in [3.63, 3.8) is 0 Å². The highest BCUT2D eigenvalue weighted by molar-refractivity contribution is 7.94. The van der Waals surface area contributed by atoms with Crippen LogP contribution in [0.2, 0.25) is 0 Å². The van der Waals surface area contributed by atoms with Crippen LogP contribution in [0.4, 0.5) is 0 Å². The third-order valence-corrected chi connectivity index (χ3v) is 5.23. The molecule has 4 fully saturated rings. The van der Waals surface area contributed by atoms with Crippen molar-refractivity contribution in [2.24, 2.45) is 0 Å². The first-order valence-electron chi connectivity index (χ1n) is 8.44. The van der Waals surface area contributed by atoms with Gasteiger partial charge < -0.3 is 37.3 Å². The predicted octanol–water partition coefficient (Wildman–Crippen LogP) is 0.684. The molecule has 2 bridgehead atoms. The molecule has 0 spiro atoms.